The molecule has 0 aliphatic carbocycles. The van der Waals surface area contributed by atoms with Gasteiger partial charge in [-0.3, -0.25) is 13.6 Å². The van der Waals surface area contributed by atoms with Crippen molar-refractivity contribution >= 4 is 31.0 Å². The molecule has 4 atom stereocenters. The molecule has 2 aliphatic heterocycles. The van der Waals surface area contributed by atoms with Gasteiger partial charge in [0.05, 0.1) is 19.0 Å². The molecular weight excluding hydrogens is 428 g/mol. The second-order valence-corrected chi connectivity index (χ2v) is 8.38. The Morgan fingerprint density at radius 3 is 3.00 bits per heavy atom. The van der Waals surface area contributed by atoms with Gasteiger partial charge < -0.3 is 19.9 Å². The molecule has 0 amide bonds. The number of rotatable bonds is 5. The van der Waals surface area contributed by atoms with Crippen LogP contribution in [-0.4, -0.2) is 57.4 Å². The normalized spacial score (nSPS) is 28.6. The second kappa shape index (κ2) is 8.04. The summed E-state index contributed by atoms with van der Waals surface area (Å²) in [5.41, 5.74) is 6.05. The van der Waals surface area contributed by atoms with E-state index in [0.717, 1.165) is 0 Å². The third kappa shape index (κ3) is 4.23. The number of imidazole rings is 1. The molecule has 0 spiro atoms. The van der Waals surface area contributed by atoms with Crippen molar-refractivity contribution < 1.29 is 41.5 Å². The van der Waals surface area contributed by atoms with E-state index in [4.69, 9.17) is 28.8 Å². The topological polar surface area (TPSA) is 159 Å². The molecule has 0 radical (unpaired) electrons. The Hall–Kier alpha value is -2.38. The van der Waals surface area contributed by atoms with Crippen molar-refractivity contribution in [3.63, 3.8) is 0 Å². The number of aromatic nitrogens is 4. The summed E-state index contributed by atoms with van der Waals surface area (Å²) >= 11 is 0. The zero-order valence-electron chi connectivity index (χ0n) is 16.0. The Kier molecular flexibility index (Phi) is 5.59. The van der Waals surface area contributed by atoms with Crippen molar-refractivity contribution in [2.45, 2.75) is 44.8 Å². The van der Waals surface area contributed by atoms with Gasteiger partial charge in [-0.15, -0.1) is 0 Å². The number of nitrogens with two attached hydrogens (primary N) is 1. The van der Waals surface area contributed by atoms with Crippen LogP contribution in [0.4, 0.5) is 15.0 Å². The predicted octanol–water partition coefficient (Wildman–Crippen LogP) is 1.89. The van der Waals surface area contributed by atoms with Crippen LogP contribution in [0.15, 0.2) is 6.33 Å². The Bertz CT molecular complexity index is 1000. The summed E-state index contributed by atoms with van der Waals surface area (Å²) in [5.74, 6) is -0.0971. The maximum atomic E-state index is 13.6. The highest BCUT2D eigenvalue weighted by Gasteiger charge is 2.48. The zero-order valence-corrected chi connectivity index (χ0v) is 16.9. The molecule has 15 heteroatoms. The summed E-state index contributed by atoms with van der Waals surface area (Å²) in [7, 11) is -3.98. The van der Waals surface area contributed by atoms with Crippen molar-refractivity contribution in [2.24, 2.45) is 0 Å². The van der Waals surface area contributed by atoms with E-state index in [1.807, 2.05) is 0 Å². The molecule has 2 N–H and O–H groups in total. The Balaban J connectivity index is 1.39. The highest BCUT2D eigenvalue weighted by Crippen LogP contribution is 2.56. The van der Waals surface area contributed by atoms with Crippen molar-refractivity contribution in [1.29, 1.82) is 0 Å². The van der Waals surface area contributed by atoms with E-state index < -0.39 is 45.3 Å². The number of phosphoric acid groups is 1. The maximum absolute atomic E-state index is 13.6. The minimum atomic E-state index is -3.98. The Morgan fingerprint density at radius 1 is 1.43 bits per heavy atom. The van der Waals surface area contributed by atoms with Crippen LogP contribution >= 0.6 is 7.82 Å². The van der Waals surface area contributed by atoms with E-state index in [1.165, 1.54) is 10.9 Å². The number of hydrogen-bond donors (Lipinski definition) is 1. The van der Waals surface area contributed by atoms with E-state index in [0.29, 0.717) is 0 Å². The van der Waals surface area contributed by atoms with Crippen LogP contribution in [0.25, 0.3) is 11.2 Å². The SMILES string of the molecule is CC(C)OC(=O)OCOP1(=O)OCC2OC(n3cnc4c(N)nc(F)nc43)CC2O1. The van der Waals surface area contributed by atoms with Crippen molar-refractivity contribution in [2.75, 3.05) is 19.1 Å². The molecule has 2 fully saturated rings. The van der Waals surface area contributed by atoms with Crippen LogP contribution in [0, 0.1) is 6.08 Å². The molecule has 2 aliphatic rings. The first kappa shape index (κ1) is 20.9. The van der Waals surface area contributed by atoms with E-state index >= 15 is 0 Å². The fourth-order valence-corrected chi connectivity index (χ4v) is 4.31. The number of ether oxygens (including phenoxy) is 3. The number of phosphoric ester groups is 1. The van der Waals surface area contributed by atoms with Gasteiger partial charge in [-0.1, -0.05) is 0 Å². The predicted molar refractivity (Wildman–Crippen MR) is 95.3 cm³/mol. The maximum Gasteiger partial charge on any atom is 0.510 e. The lowest BCUT2D eigenvalue weighted by Gasteiger charge is -2.29. The quantitative estimate of drug-likeness (QED) is 0.307. The summed E-state index contributed by atoms with van der Waals surface area (Å²) in [5, 5.41) is 0. The third-order valence-corrected chi connectivity index (χ3v) is 5.71. The van der Waals surface area contributed by atoms with Crippen LogP contribution in [0.5, 0.6) is 0 Å². The lowest BCUT2D eigenvalue weighted by atomic mass is 10.2. The van der Waals surface area contributed by atoms with Gasteiger partial charge in [0.15, 0.2) is 17.0 Å². The number of carbonyl (C=O) groups excluding carboxylic acids is 1. The molecular formula is C15H19FN5O8P. The molecule has 2 saturated heterocycles. The molecule has 0 aromatic carbocycles. The molecule has 164 valence electrons. The van der Waals surface area contributed by atoms with E-state index in [9.17, 15) is 13.8 Å². The number of nitrogen functional groups attached to an aromatic ring is 1. The summed E-state index contributed by atoms with van der Waals surface area (Å²) in [6.07, 6.45) is -2.59. The summed E-state index contributed by atoms with van der Waals surface area (Å²) in [4.78, 5) is 22.6. The van der Waals surface area contributed by atoms with Gasteiger partial charge in [-0.05, 0) is 13.8 Å². The monoisotopic (exact) mass is 447 g/mol. The highest BCUT2D eigenvalue weighted by atomic mass is 31.2. The lowest BCUT2D eigenvalue weighted by Crippen LogP contribution is -2.33. The number of hydrogen-bond acceptors (Lipinski definition) is 12. The molecule has 2 aromatic rings. The zero-order chi connectivity index (χ0) is 21.5. The van der Waals surface area contributed by atoms with Gasteiger partial charge in [0.25, 0.3) is 0 Å². The van der Waals surface area contributed by atoms with Gasteiger partial charge in [-0.25, -0.2) is 18.9 Å². The molecule has 4 unspecified atom stereocenters. The van der Waals surface area contributed by atoms with Gasteiger partial charge in [0.2, 0.25) is 6.79 Å². The number of fused-ring (bicyclic) bond motifs is 2. The van der Waals surface area contributed by atoms with Gasteiger partial charge in [0.1, 0.15) is 18.4 Å². The van der Waals surface area contributed by atoms with Crippen LogP contribution in [-0.2, 0) is 32.3 Å². The summed E-state index contributed by atoms with van der Waals surface area (Å²) in [6, 6.07) is 0. The lowest BCUT2D eigenvalue weighted by molar-refractivity contribution is -0.0830. The second-order valence-electron chi connectivity index (χ2n) is 6.76. The van der Waals surface area contributed by atoms with Gasteiger partial charge in [0, 0.05) is 6.42 Å². The molecule has 4 heterocycles. The van der Waals surface area contributed by atoms with Crippen LogP contribution in [0.3, 0.4) is 0 Å². The van der Waals surface area contributed by atoms with Crippen LogP contribution in [0.2, 0.25) is 0 Å². The minimum Gasteiger partial charge on any atom is -0.432 e. The average molecular weight is 447 g/mol. The van der Waals surface area contributed by atoms with Crippen LogP contribution < -0.4 is 5.73 Å². The summed E-state index contributed by atoms with van der Waals surface area (Å²) in [6.45, 7) is 2.53. The number of nitrogens with zero attached hydrogens (tertiary/aromatic N) is 4. The number of carbonyl (C=O) groups is 1. The first-order chi connectivity index (χ1) is 14.2. The Morgan fingerprint density at radius 2 is 2.23 bits per heavy atom. The number of halogens is 1. The van der Waals surface area contributed by atoms with Crippen molar-refractivity contribution in [3.8, 4) is 0 Å². The van der Waals surface area contributed by atoms with Crippen LogP contribution in [0.1, 0.15) is 26.5 Å². The smallest absolute Gasteiger partial charge is 0.432 e. The highest BCUT2D eigenvalue weighted by molar-refractivity contribution is 7.48. The molecule has 30 heavy (non-hydrogen) atoms. The van der Waals surface area contributed by atoms with Crippen molar-refractivity contribution in [1.82, 2.24) is 19.5 Å². The van der Waals surface area contributed by atoms with E-state index in [1.54, 1.807) is 13.8 Å². The average Bonchev–Trinajstić information content (AvgIpc) is 3.24. The molecule has 0 bridgehead atoms. The first-order valence-electron chi connectivity index (χ1n) is 8.96. The van der Waals surface area contributed by atoms with Crippen molar-refractivity contribution in [3.05, 3.63) is 12.4 Å². The standard InChI is InChI=1S/C15H19FN5O8P/c1-7(2)27-15(22)24-6-26-30(23)25-4-9-8(29-30)3-10(28-9)21-5-18-11-12(17)19-14(16)20-13(11)21/h5,7-10H,3-4,6H2,1-2H3,(H2,17,19,20). The molecule has 0 saturated carbocycles. The van der Waals surface area contributed by atoms with Gasteiger partial charge in [-0.2, -0.15) is 14.4 Å². The molecule has 13 nitrogen and oxygen atoms in total. The van der Waals surface area contributed by atoms with E-state index in [-0.39, 0.29) is 36.1 Å². The first-order valence-corrected chi connectivity index (χ1v) is 10.4. The fourth-order valence-electron chi connectivity index (χ4n) is 3.05. The van der Waals surface area contributed by atoms with E-state index in [2.05, 4.69) is 19.7 Å². The fraction of sp³-hybridized carbons (Fsp3) is 0.600. The largest absolute Gasteiger partial charge is 0.510 e. The van der Waals surface area contributed by atoms with Gasteiger partial charge >= 0.3 is 20.1 Å². The molecule has 4 rings (SSSR count). The number of anilines is 1. The minimum absolute atomic E-state index is 0.0903. The molecule has 2 aromatic heterocycles. The Labute approximate surface area is 169 Å². The third-order valence-electron chi connectivity index (χ3n) is 4.29. The summed E-state index contributed by atoms with van der Waals surface area (Å²) < 4.78 is 58.5.